The van der Waals surface area contributed by atoms with Gasteiger partial charge in [-0.2, -0.15) is 0 Å². The molecule has 0 spiro atoms. The second-order valence-electron chi connectivity index (χ2n) is 5.84. The van der Waals surface area contributed by atoms with Crippen molar-refractivity contribution >= 4 is 51.0 Å². The first-order chi connectivity index (χ1) is 12.8. The molecule has 0 aromatic heterocycles. The molecule has 0 aliphatic rings. The third-order valence-electron chi connectivity index (χ3n) is 3.54. The second-order valence-corrected chi connectivity index (χ2v) is 7.16. The Morgan fingerprint density at radius 1 is 1.15 bits per heavy atom. The maximum Gasteiger partial charge on any atom is 0.325 e. The highest BCUT2D eigenvalue weighted by Gasteiger charge is 2.13. The summed E-state index contributed by atoms with van der Waals surface area (Å²) < 4.78 is 5.62. The Morgan fingerprint density at radius 3 is 2.56 bits per heavy atom. The Bertz CT molecular complexity index is 863. The molecule has 2 aromatic carbocycles. The van der Waals surface area contributed by atoms with Crippen LogP contribution in [-0.2, 0) is 14.3 Å². The smallest absolute Gasteiger partial charge is 0.325 e. The fraction of sp³-hybridized carbons (Fsp3) is 0.211. The molecule has 2 N–H and O–H groups in total. The topological polar surface area (TPSA) is 84.5 Å². The van der Waals surface area contributed by atoms with E-state index in [1.807, 2.05) is 19.9 Å². The molecule has 2 aromatic rings. The summed E-state index contributed by atoms with van der Waals surface area (Å²) in [6.45, 7) is 2.89. The minimum Gasteiger partial charge on any atom is -0.454 e. The molecule has 27 heavy (non-hydrogen) atoms. The fourth-order valence-electron chi connectivity index (χ4n) is 2.33. The lowest BCUT2D eigenvalue weighted by Crippen LogP contribution is -2.32. The van der Waals surface area contributed by atoms with Gasteiger partial charge in [0.15, 0.2) is 6.61 Å². The Labute approximate surface area is 170 Å². The number of carbonyl (C=O) groups is 3. The van der Waals surface area contributed by atoms with Crippen LogP contribution in [0.15, 0.2) is 40.9 Å². The maximum atomic E-state index is 12.0. The number of ether oxygens (including phenoxy) is 1. The average molecular weight is 454 g/mol. The molecule has 0 fully saturated rings. The van der Waals surface area contributed by atoms with Crippen molar-refractivity contribution in [2.24, 2.45) is 0 Å². The zero-order chi connectivity index (χ0) is 20.0. The van der Waals surface area contributed by atoms with E-state index in [4.69, 9.17) is 16.3 Å². The first-order valence-electron chi connectivity index (χ1n) is 8.02. The number of nitrogens with one attached hydrogen (secondary N) is 2. The molecular formula is C19H18BrClN2O4. The molecule has 0 bridgehead atoms. The minimum absolute atomic E-state index is 0.344. The van der Waals surface area contributed by atoms with E-state index in [-0.39, 0.29) is 6.54 Å². The molecule has 2 rings (SSSR count). The Morgan fingerprint density at radius 2 is 1.89 bits per heavy atom. The van der Waals surface area contributed by atoms with Crippen LogP contribution in [0, 0.1) is 13.8 Å². The molecule has 0 atom stereocenters. The predicted molar refractivity (Wildman–Crippen MR) is 107 cm³/mol. The first-order valence-corrected chi connectivity index (χ1v) is 9.19. The van der Waals surface area contributed by atoms with E-state index >= 15 is 0 Å². The predicted octanol–water partition coefficient (Wildman–Crippen LogP) is 3.63. The third-order valence-corrected chi connectivity index (χ3v) is 4.33. The van der Waals surface area contributed by atoms with E-state index in [9.17, 15) is 14.4 Å². The van der Waals surface area contributed by atoms with Crippen LogP contribution in [0.5, 0.6) is 0 Å². The highest BCUT2D eigenvalue weighted by molar-refractivity contribution is 9.10. The van der Waals surface area contributed by atoms with E-state index in [1.165, 1.54) is 0 Å². The van der Waals surface area contributed by atoms with Gasteiger partial charge in [0.05, 0.1) is 10.7 Å². The minimum atomic E-state index is -0.722. The van der Waals surface area contributed by atoms with Crippen LogP contribution in [0.4, 0.5) is 5.69 Å². The van der Waals surface area contributed by atoms with Gasteiger partial charge in [0.1, 0.15) is 6.54 Å². The quantitative estimate of drug-likeness (QED) is 0.654. The van der Waals surface area contributed by atoms with Crippen molar-refractivity contribution in [1.82, 2.24) is 5.32 Å². The lowest BCUT2D eigenvalue weighted by molar-refractivity contribution is -0.146. The zero-order valence-corrected chi connectivity index (χ0v) is 17.1. The Balaban J connectivity index is 1.80. The highest BCUT2D eigenvalue weighted by Crippen LogP contribution is 2.27. The van der Waals surface area contributed by atoms with Crippen LogP contribution in [-0.4, -0.2) is 30.9 Å². The third kappa shape index (κ3) is 6.37. The van der Waals surface area contributed by atoms with Crippen molar-refractivity contribution < 1.29 is 19.1 Å². The van der Waals surface area contributed by atoms with Gasteiger partial charge < -0.3 is 15.4 Å². The van der Waals surface area contributed by atoms with Gasteiger partial charge in [-0.25, -0.2) is 0 Å². The lowest BCUT2D eigenvalue weighted by atomic mass is 10.1. The molecule has 0 saturated heterocycles. The van der Waals surface area contributed by atoms with E-state index in [2.05, 4.69) is 26.6 Å². The molecule has 142 valence electrons. The number of aryl methyl sites for hydroxylation is 2. The van der Waals surface area contributed by atoms with E-state index in [1.54, 1.807) is 30.3 Å². The van der Waals surface area contributed by atoms with Crippen molar-refractivity contribution in [3.8, 4) is 0 Å². The number of esters is 1. The number of benzene rings is 2. The van der Waals surface area contributed by atoms with Crippen molar-refractivity contribution in [2.75, 3.05) is 18.5 Å². The summed E-state index contributed by atoms with van der Waals surface area (Å²) in [7, 11) is 0. The van der Waals surface area contributed by atoms with Gasteiger partial charge in [-0.3, -0.25) is 14.4 Å². The molecule has 8 heteroatoms. The molecule has 0 heterocycles. The summed E-state index contributed by atoms with van der Waals surface area (Å²) in [5.74, 6) is -1.66. The van der Waals surface area contributed by atoms with Gasteiger partial charge in [-0.05, 0) is 49.2 Å². The normalized spacial score (nSPS) is 10.2. The van der Waals surface area contributed by atoms with Crippen LogP contribution in [0.2, 0.25) is 5.02 Å². The van der Waals surface area contributed by atoms with Crippen LogP contribution >= 0.6 is 27.5 Å². The number of rotatable bonds is 6. The number of anilines is 1. The molecule has 0 aliphatic carbocycles. The van der Waals surface area contributed by atoms with Crippen LogP contribution in [0.1, 0.15) is 21.5 Å². The standard InChI is InChI=1S/C19H18BrClN2O4/c1-11-6-12(2)18(15(21)7-11)23-16(24)10-27-17(25)9-22-19(26)13-4-3-5-14(20)8-13/h3-8H,9-10H2,1-2H3,(H,22,26)(H,23,24). The largest absolute Gasteiger partial charge is 0.454 e. The number of amides is 2. The number of hydrogen-bond donors (Lipinski definition) is 2. The van der Waals surface area contributed by atoms with E-state index < -0.39 is 24.4 Å². The summed E-state index contributed by atoms with van der Waals surface area (Å²) >= 11 is 9.39. The molecule has 0 aliphatic heterocycles. The van der Waals surface area contributed by atoms with Gasteiger partial charge in [-0.15, -0.1) is 0 Å². The summed E-state index contributed by atoms with van der Waals surface area (Å²) in [6, 6.07) is 10.3. The average Bonchev–Trinajstić information content (AvgIpc) is 2.60. The van der Waals surface area contributed by atoms with Crippen LogP contribution in [0.3, 0.4) is 0 Å². The summed E-state index contributed by atoms with van der Waals surface area (Å²) in [5.41, 5.74) is 2.66. The van der Waals surface area contributed by atoms with Crippen molar-refractivity contribution in [3.05, 3.63) is 62.6 Å². The SMILES string of the molecule is Cc1cc(C)c(NC(=O)COC(=O)CNC(=O)c2cccc(Br)c2)c(Cl)c1. The Kier molecular flexibility index (Phi) is 7.38. The maximum absolute atomic E-state index is 12.0. The van der Waals surface area contributed by atoms with E-state index in [0.717, 1.165) is 15.6 Å². The van der Waals surface area contributed by atoms with Gasteiger partial charge in [-0.1, -0.05) is 39.7 Å². The van der Waals surface area contributed by atoms with Crippen molar-refractivity contribution in [3.63, 3.8) is 0 Å². The number of carbonyl (C=O) groups excluding carboxylic acids is 3. The molecule has 0 saturated carbocycles. The number of halogens is 2. The molecule has 0 unspecified atom stereocenters. The summed E-state index contributed by atoms with van der Waals surface area (Å²) in [6.07, 6.45) is 0. The Hall–Kier alpha value is -2.38. The molecule has 6 nitrogen and oxygen atoms in total. The monoisotopic (exact) mass is 452 g/mol. The molecule has 0 radical (unpaired) electrons. The zero-order valence-electron chi connectivity index (χ0n) is 14.8. The summed E-state index contributed by atoms with van der Waals surface area (Å²) in [5, 5.41) is 5.46. The summed E-state index contributed by atoms with van der Waals surface area (Å²) in [4.78, 5) is 35.6. The molecular weight excluding hydrogens is 436 g/mol. The molecule has 2 amide bonds. The second kappa shape index (κ2) is 9.53. The first kappa shape index (κ1) is 20.9. The van der Waals surface area contributed by atoms with Gasteiger partial charge in [0.2, 0.25) is 0 Å². The number of hydrogen-bond acceptors (Lipinski definition) is 4. The van der Waals surface area contributed by atoms with Crippen molar-refractivity contribution in [2.45, 2.75) is 13.8 Å². The van der Waals surface area contributed by atoms with Gasteiger partial charge in [0, 0.05) is 10.0 Å². The van der Waals surface area contributed by atoms with Crippen LogP contribution < -0.4 is 10.6 Å². The van der Waals surface area contributed by atoms with Crippen LogP contribution in [0.25, 0.3) is 0 Å². The lowest BCUT2D eigenvalue weighted by Gasteiger charge is -2.12. The van der Waals surface area contributed by atoms with Gasteiger partial charge in [0.25, 0.3) is 11.8 Å². The highest BCUT2D eigenvalue weighted by atomic mass is 79.9. The van der Waals surface area contributed by atoms with Gasteiger partial charge >= 0.3 is 5.97 Å². The van der Waals surface area contributed by atoms with Crippen molar-refractivity contribution in [1.29, 1.82) is 0 Å². The fourth-order valence-corrected chi connectivity index (χ4v) is 3.10. The van der Waals surface area contributed by atoms with E-state index in [0.29, 0.717) is 16.3 Å².